The fourth-order valence-electron chi connectivity index (χ4n) is 1.27. The van der Waals surface area contributed by atoms with Crippen LogP contribution in [0.2, 0.25) is 0 Å². The van der Waals surface area contributed by atoms with Crippen LogP contribution in [0.15, 0.2) is 17.6 Å². The Bertz CT molecular complexity index is 426. The smallest absolute Gasteiger partial charge is 0.259 e. The van der Waals surface area contributed by atoms with Crippen LogP contribution in [0.1, 0.15) is 6.92 Å². The van der Waals surface area contributed by atoms with Crippen LogP contribution in [0, 0.1) is 5.92 Å². The lowest BCUT2D eigenvalue weighted by atomic mass is 10.2. The molecule has 1 aromatic heterocycles. The van der Waals surface area contributed by atoms with Crippen molar-refractivity contribution in [3.63, 3.8) is 0 Å². The third kappa shape index (κ3) is 3.58. The summed E-state index contributed by atoms with van der Waals surface area (Å²) in [5.74, 6) is 0.239. The largest absolute Gasteiger partial charge is 0.339 e. The van der Waals surface area contributed by atoms with E-state index in [4.69, 9.17) is 0 Å². The van der Waals surface area contributed by atoms with Crippen LogP contribution in [0.4, 0.5) is 0 Å². The molecule has 7 heteroatoms. The summed E-state index contributed by atoms with van der Waals surface area (Å²) in [6.45, 7) is 3.14. The van der Waals surface area contributed by atoms with Gasteiger partial charge in [-0.25, -0.2) is 18.1 Å². The number of nitrogens with zero attached hydrogens (tertiary/aromatic N) is 2. The maximum absolute atomic E-state index is 11.7. The minimum Gasteiger partial charge on any atom is -0.339 e. The van der Waals surface area contributed by atoms with Gasteiger partial charge in [0.05, 0.1) is 6.33 Å². The molecule has 1 unspecified atom stereocenters. The molecule has 0 radical (unpaired) electrons. The number of sulfonamides is 1. The molecular formula is C9H18N4O2S. The summed E-state index contributed by atoms with van der Waals surface area (Å²) >= 11 is 0. The minimum absolute atomic E-state index is 0.0617. The molecule has 16 heavy (non-hydrogen) atoms. The minimum atomic E-state index is -3.46. The van der Waals surface area contributed by atoms with E-state index in [1.54, 1.807) is 11.6 Å². The van der Waals surface area contributed by atoms with E-state index in [9.17, 15) is 8.42 Å². The maximum Gasteiger partial charge on any atom is 0.259 e. The Kier molecular flexibility index (Phi) is 4.45. The van der Waals surface area contributed by atoms with Gasteiger partial charge in [0.1, 0.15) is 0 Å². The summed E-state index contributed by atoms with van der Waals surface area (Å²) < 4.78 is 27.6. The monoisotopic (exact) mass is 246 g/mol. The summed E-state index contributed by atoms with van der Waals surface area (Å²) in [7, 11) is 0.106. The topological polar surface area (TPSA) is 76.0 Å². The molecule has 0 spiro atoms. The number of aryl methyl sites for hydroxylation is 1. The van der Waals surface area contributed by atoms with Crippen LogP contribution >= 0.6 is 0 Å². The molecule has 0 saturated heterocycles. The highest BCUT2D eigenvalue weighted by Gasteiger charge is 2.17. The van der Waals surface area contributed by atoms with Gasteiger partial charge < -0.3 is 9.88 Å². The molecule has 0 aromatic carbocycles. The third-order valence-corrected chi connectivity index (χ3v) is 3.44. The first kappa shape index (κ1) is 13.1. The van der Waals surface area contributed by atoms with E-state index in [-0.39, 0.29) is 10.9 Å². The van der Waals surface area contributed by atoms with Crippen molar-refractivity contribution in [1.82, 2.24) is 19.6 Å². The molecule has 1 rings (SSSR count). The van der Waals surface area contributed by atoms with E-state index in [0.29, 0.717) is 6.54 Å². The van der Waals surface area contributed by atoms with E-state index in [1.165, 1.54) is 12.5 Å². The molecule has 0 aliphatic heterocycles. The molecule has 1 atom stereocenters. The van der Waals surface area contributed by atoms with Gasteiger partial charge in [-0.2, -0.15) is 0 Å². The molecule has 0 saturated carbocycles. The zero-order valence-electron chi connectivity index (χ0n) is 9.77. The highest BCUT2D eigenvalue weighted by molar-refractivity contribution is 7.89. The molecule has 0 fully saturated rings. The van der Waals surface area contributed by atoms with Crippen molar-refractivity contribution < 1.29 is 8.42 Å². The van der Waals surface area contributed by atoms with Gasteiger partial charge in [-0.3, -0.25) is 0 Å². The number of hydrogen-bond acceptors (Lipinski definition) is 4. The van der Waals surface area contributed by atoms with Crippen LogP contribution in [-0.2, 0) is 17.1 Å². The van der Waals surface area contributed by atoms with Crippen LogP contribution < -0.4 is 10.0 Å². The summed E-state index contributed by atoms with van der Waals surface area (Å²) in [4.78, 5) is 3.81. The number of hydrogen-bond donors (Lipinski definition) is 2. The van der Waals surface area contributed by atoms with Crippen LogP contribution in [0.3, 0.4) is 0 Å². The number of rotatable bonds is 6. The zero-order valence-corrected chi connectivity index (χ0v) is 10.6. The van der Waals surface area contributed by atoms with Crippen molar-refractivity contribution in [1.29, 1.82) is 0 Å². The Morgan fingerprint density at radius 3 is 2.69 bits per heavy atom. The van der Waals surface area contributed by atoms with Gasteiger partial charge in [-0.15, -0.1) is 0 Å². The van der Waals surface area contributed by atoms with Gasteiger partial charge in [-0.05, 0) is 19.5 Å². The lowest BCUT2D eigenvalue weighted by molar-refractivity contribution is 0.518. The maximum atomic E-state index is 11.7. The normalized spacial score (nSPS) is 13.9. The molecule has 0 bridgehead atoms. The number of aromatic nitrogens is 2. The molecule has 0 aliphatic carbocycles. The predicted molar refractivity (Wildman–Crippen MR) is 61.5 cm³/mol. The van der Waals surface area contributed by atoms with Crippen LogP contribution in [0.25, 0.3) is 0 Å². The lowest BCUT2D eigenvalue weighted by Gasteiger charge is -2.11. The van der Waals surface area contributed by atoms with Gasteiger partial charge in [0, 0.05) is 19.8 Å². The van der Waals surface area contributed by atoms with E-state index in [1.807, 2.05) is 14.0 Å². The van der Waals surface area contributed by atoms with E-state index in [2.05, 4.69) is 15.0 Å². The first-order valence-corrected chi connectivity index (χ1v) is 6.56. The SMILES string of the molecule is CNCC(C)CNS(=O)(=O)c1cn(C)cn1. The first-order chi connectivity index (χ1) is 7.45. The fraction of sp³-hybridized carbons (Fsp3) is 0.667. The second-order valence-corrected chi connectivity index (χ2v) is 5.61. The van der Waals surface area contributed by atoms with Crippen molar-refractivity contribution in [2.24, 2.45) is 13.0 Å². The molecule has 2 N–H and O–H groups in total. The highest BCUT2D eigenvalue weighted by Crippen LogP contribution is 2.04. The van der Waals surface area contributed by atoms with Crippen LogP contribution in [0.5, 0.6) is 0 Å². The predicted octanol–water partition coefficient (Wildman–Crippen LogP) is -0.446. The zero-order chi connectivity index (χ0) is 12.2. The molecule has 0 amide bonds. The molecule has 92 valence electrons. The van der Waals surface area contributed by atoms with Crippen molar-refractivity contribution in [2.45, 2.75) is 11.9 Å². The Hall–Kier alpha value is -0.920. The fourth-order valence-corrected chi connectivity index (χ4v) is 2.42. The van der Waals surface area contributed by atoms with Crippen molar-refractivity contribution >= 4 is 10.0 Å². The Morgan fingerprint density at radius 1 is 1.50 bits per heavy atom. The van der Waals surface area contributed by atoms with Crippen LogP contribution in [-0.4, -0.2) is 38.1 Å². The molecule has 0 aliphatic rings. The Labute approximate surface area is 96.1 Å². The van der Waals surface area contributed by atoms with E-state index in [0.717, 1.165) is 6.54 Å². The van der Waals surface area contributed by atoms with Crippen molar-refractivity contribution in [3.05, 3.63) is 12.5 Å². The molecule has 1 heterocycles. The number of imidazole rings is 1. The second-order valence-electron chi connectivity index (χ2n) is 3.89. The molecule has 1 aromatic rings. The highest BCUT2D eigenvalue weighted by atomic mass is 32.2. The Morgan fingerprint density at radius 2 is 2.19 bits per heavy atom. The summed E-state index contributed by atoms with van der Waals surface area (Å²) in [5, 5.41) is 3.05. The molecule has 6 nitrogen and oxygen atoms in total. The lowest BCUT2D eigenvalue weighted by Crippen LogP contribution is -2.32. The first-order valence-electron chi connectivity index (χ1n) is 5.08. The summed E-state index contributed by atoms with van der Waals surface area (Å²) in [6.07, 6.45) is 2.94. The van der Waals surface area contributed by atoms with E-state index >= 15 is 0 Å². The van der Waals surface area contributed by atoms with Gasteiger partial charge in [0.25, 0.3) is 10.0 Å². The van der Waals surface area contributed by atoms with Gasteiger partial charge in [-0.1, -0.05) is 6.92 Å². The van der Waals surface area contributed by atoms with Gasteiger partial charge in [0.15, 0.2) is 5.03 Å². The second kappa shape index (κ2) is 5.42. The third-order valence-electron chi connectivity index (χ3n) is 2.13. The van der Waals surface area contributed by atoms with Crippen molar-refractivity contribution in [2.75, 3.05) is 20.1 Å². The summed E-state index contributed by atoms with van der Waals surface area (Å²) in [6, 6.07) is 0. The summed E-state index contributed by atoms with van der Waals surface area (Å²) in [5.41, 5.74) is 0. The average Bonchev–Trinajstić information content (AvgIpc) is 2.63. The standard InChI is InChI=1S/C9H18N4O2S/c1-8(4-10-2)5-12-16(14,15)9-6-13(3)7-11-9/h6-8,10,12H,4-5H2,1-3H3. The van der Waals surface area contributed by atoms with Gasteiger partial charge >= 0.3 is 0 Å². The molecular weight excluding hydrogens is 228 g/mol. The number of nitrogens with one attached hydrogen (secondary N) is 2. The average molecular weight is 246 g/mol. The van der Waals surface area contributed by atoms with Crippen molar-refractivity contribution in [3.8, 4) is 0 Å². The van der Waals surface area contributed by atoms with Gasteiger partial charge in [0.2, 0.25) is 0 Å². The Balaban J connectivity index is 2.59. The quantitative estimate of drug-likeness (QED) is 0.713. The van der Waals surface area contributed by atoms with E-state index < -0.39 is 10.0 Å².